The fourth-order valence-electron chi connectivity index (χ4n) is 2.42. The number of benzene rings is 2. The molecule has 3 aromatic rings. The van der Waals surface area contributed by atoms with Crippen molar-refractivity contribution in [1.82, 2.24) is 5.43 Å². The minimum Gasteiger partial charge on any atom is -0.459 e. The SMILES string of the molecule is Cc1ccc(Cl)cc1C(NN)c1cc2cc(Cl)ccc2o1. The van der Waals surface area contributed by atoms with Crippen LogP contribution in [0.5, 0.6) is 0 Å². The highest BCUT2D eigenvalue weighted by Crippen LogP contribution is 2.31. The normalized spacial score (nSPS) is 12.8. The third kappa shape index (κ3) is 2.78. The summed E-state index contributed by atoms with van der Waals surface area (Å²) in [6, 6.07) is 12.9. The molecule has 1 aromatic heterocycles. The minimum absolute atomic E-state index is 0.269. The van der Waals surface area contributed by atoms with Gasteiger partial charge in [-0.05, 0) is 54.4 Å². The quantitative estimate of drug-likeness (QED) is 0.547. The van der Waals surface area contributed by atoms with Gasteiger partial charge in [-0.25, -0.2) is 5.43 Å². The molecule has 108 valence electrons. The smallest absolute Gasteiger partial charge is 0.134 e. The highest BCUT2D eigenvalue weighted by Gasteiger charge is 2.19. The minimum atomic E-state index is -0.269. The number of rotatable bonds is 3. The van der Waals surface area contributed by atoms with E-state index in [9.17, 15) is 0 Å². The van der Waals surface area contributed by atoms with E-state index in [1.807, 2.05) is 43.3 Å². The molecule has 21 heavy (non-hydrogen) atoms. The average Bonchev–Trinajstić information content (AvgIpc) is 2.86. The number of hydrogen-bond donors (Lipinski definition) is 2. The molecule has 3 nitrogen and oxygen atoms in total. The third-order valence-electron chi connectivity index (χ3n) is 3.50. The molecule has 0 spiro atoms. The fraction of sp³-hybridized carbons (Fsp3) is 0.125. The molecule has 0 bridgehead atoms. The number of hydrazine groups is 1. The molecule has 0 aliphatic carbocycles. The number of aryl methyl sites for hydroxylation is 1. The molecule has 3 N–H and O–H groups in total. The van der Waals surface area contributed by atoms with Crippen LogP contribution < -0.4 is 11.3 Å². The van der Waals surface area contributed by atoms with Crippen LogP contribution >= 0.6 is 23.2 Å². The number of nitrogens with one attached hydrogen (secondary N) is 1. The van der Waals surface area contributed by atoms with Gasteiger partial charge in [-0.3, -0.25) is 5.84 Å². The van der Waals surface area contributed by atoms with E-state index in [0.717, 1.165) is 27.9 Å². The predicted molar refractivity (Wildman–Crippen MR) is 86.6 cm³/mol. The van der Waals surface area contributed by atoms with E-state index in [2.05, 4.69) is 5.43 Å². The maximum absolute atomic E-state index is 6.09. The summed E-state index contributed by atoms with van der Waals surface area (Å²) in [6.07, 6.45) is 0. The van der Waals surface area contributed by atoms with Crippen LogP contribution in [-0.4, -0.2) is 0 Å². The second kappa shape index (κ2) is 5.70. The van der Waals surface area contributed by atoms with E-state index < -0.39 is 0 Å². The van der Waals surface area contributed by atoms with E-state index in [1.54, 1.807) is 6.07 Å². The number of nitrogens with two attached hydrogens (primary N) is 1. The zero-order valence-corrected chi connectivity index (χ0v) is 12.9. The molecule has 0 saturated carbocycles. The Kier molecular flexibility index (Phi) is 3.91. The van der Waals surface area contributed by atoms with Crippen LogP contribution in [0.15, 0.2) is 46.9 Å². The van der Waals surface area contributed by atoms with Gasteiger partial charge in [-0.2, -0.15) is 0 Å². The van der Waals surface area contributed by atoms with E-state index in [-0.39, 0.29) is 6.04 Å². The topological polar surface area (TPSA) is 51.2 Å². The monoisotopic (exact) mass is 320 g/mol. The van der Waals surface area contributed by atoms with Crippen LogP contribution in [0.25, 0.3) is 11.0 Å². The Balaban J connectivity index is 2.11. The van der Waals surface area contributed by atoms with Crippen LogP contribution in [0, 0.1) is 6.92 Å². The fourth-order valence-corrected chi connectivity index (χ4v) is 2.79. The Morgan fingerprint density at radius 1 is 1.05 bits per heavy atom. The molecule has 1 heterocycles. The standard InChI is InChI=1S/C16H14Cl2N2O/c1-9-2-3-12(18)8-13(9)16(20-19)15-7-10-6-11(17)4-5-14(10)21-15/h2-8,16,20H,19H2,1H3. The first-order valence-corrected chi connectivity index (χ1v) is 7.25. The lowest BCUT2D eigenvalue weighted by atomic mass is 10.00. The van der Waals surface area contributed by atoms with E-state index >= 15 is 0 Å². The number of furan rings is 1. The van der Waals surface area contributed by atoms with Gasteiger partial charge in [0, 0.05) is 15.4 Å². The molecule has 1 unspecified atom stereocenters. The molecule has 0 radical (unpaired) electrons. The molecule has 0 fully saturated rings. The number of fused-ring (bicyclic) bond motifs is 1. The zero-order chi connectivity index (χ0) is 15.0. The average molecular weight is 321 g/mol. The first-order valence-electron chi connectivity index (χ1n) is 6.49. The van der Waals surface area contributed by atoms with Gasteiger partial charge < -0.3 is 4.42 Å². The Morgan fingerprint density at radius 3 is 2.52 bits per heavy atom. The molecule has 0 aliphatic heterocycles. The van der Waals surface area contributed by atoms with Crippen LogP contribution in [-0.2, 0) is 0 Å². The summed E-state index contributed by atoms with van der Waals surface area (Å²) in [7, 11) is 0. The Bertz CT molecular complexity index is 798. The van der Waals surface area contributed by atoms with Crippen LogP contribution in [0.1, 0.15) is 22.9 Å². The van der Waals surface area contributed by atoms with Gasteiger partial charge >= 0.3 is 0 Å². The molecular weight excluding hydrogens is 307 g/mol. The van der Waals surface area contributed by atoms with E-state index in [0.29, 0.717) is 10.0 Å². The van der Waals surface area contributed by atoms with Gasteiger partial charge in [-0.1, -0.05) is 29.3 Å². The first-order chi connectivity index (χ1) is 10.1. The molecule has 3 rings (SSSR count). The molecule has 0 amide bonds. The van der Waals surface area contributed by atoms with Gasteiger partial charge in [0.25, 0.3) is 0 Å². The maximum Gasteiger partial charge on any atom is 0.134 e. The van der Waals surface area contributed by atoms with Crippen molar-refractivity contribution >= 4 is 34.2 Å². The molecule has 5 heteroatoms. The Morgan fingerprint density at radius 2 is 1.76 bits per heavy atom. The van der Waals surface area contributed by atoms with Crippen molar-refractivity contribution in [2.75, 3.05) is 0 Å². The second-order valence-corrected chi connectivity index (χ2v) is 5.80. The van der Waals surface area contributed by atoms with Gasteiger partial charge in [-0.15, -0.1) is 0 Å². The van der Waals surface area contributed by atoms with Crippen molar-refractivity contribution in [2.24, 2.45) is 5.84 Å². The first kappa shape index (κ1) is 14.4. The summed E-state index contributed by atoms with van der Waals surface area (Å²) in [4.78, 5) is 0. The lowest BCUT2D eigenvalue weighted by Crippen LogP contribution is -2.29. The van der Waals surface area contributed by atoms with Gasteiger partial charge in [0.1, 0.15) is 17.4 Å². The van der Waals surface area contributed by atoms with Crippen molar-refractivity contribution in [1.29, 1.82) is 0 Å². The van der Waals surface area contributed by atoms with Crippen molar-refractivity contribution < 1.29 is 4.42 Å². The highest BCUT2D eigenvalue weighted by atomic mass is 35.5. The Labute approximate surface area is 132 Å². The van der Waals surface area contributed by atoms with Crippen LogP contribution in [0.4, 0.5) is 0 Å². The lowest BCUT2D eigenvalue weighted by Gasteiger charge is -2.16. The lowest BCUT2D eigenvalue weighted by molar-refractivity contribution is 0.476. The summed E-state index contributed by atoms with van der Waals surface area (Å²) in [5, 5.41) is 2.28. The second-order valence-electron chi connectivity index (χ2n) is 4.93. The van der Waals surface area contributed by atoms with Gasteiger partial charge in [0.05, 0.1) is 0 Å². The molecule has 0 aliphatic rings. The van der Waals surface area contributed by atoms with Crippen molar-refractivity contribution in [3.63, 3.8) is 0 Å². The summed E-state index contributed by atoms with van der Waals surface area (Å²) >= 11 is 12.1. The Hall–Kier alpha value is -1.52. The third-order valence-corrected chi connectivity index (χ3v) is 3.97. The number of halogens is 2. The van der Waals surface area contributed by atoms with Gasteiger partial charge in [0.15, 0.2) is 0 Å². The summed E-state index contributed by atoms with van der Waals surface area (Å²) in [5.74, 6) is 6.45. The zero-order valence-electron chi connectivity index (χ0n) is 11.4. The highest BCUT2D eigenvalue weighted by molar-refractivity contribution is 6.31. The van der Waals surface area contributed by atoms with E-state index in [1.165, 1.54) is 0 Å². The van der Waals surface area contributed by atoms with Gasteiger partial charge in [0.2, 0.25) is 0 Å². The number of hydrogen-bond acceptors (Lipinski definition) is 3. The predicted octanol–water partition coefficient (Wildman–Crippen LogP) is 4.60. The summed E-state index contributed by atoms with van der Waals surface area (Å²) in [5.41, 5.74) is 5.63. The molecule has 2 aromatic carbocycles. The van der Waals surface area contributed by atoms with Crippen molar-refractivity contribution in [2.45, 2.75) is 13.0 Å². The summed E-state index contributed by atoms with van der Waals surface area (Å²) in [6.45, 7) is 2.01. The van der Waals surface area contributed by atoms with E-state index in [4.69, 9.17) is 33.5 Å². The van der Waals surface area contributed by atoms with Crippen LogP contribution in [0.2, 0.25) is 10.0 Å². The van der Waals surface area contributed by atoms with Crippen LogP contribution in [0.3, 0.4) is 0 Å². The maximum atomic E-state index is 6.09. The molecular formula is C16H14Cl2N2O. The summed E-state index contributed by atoms with van der Waals surface area (Å²) < 4.78 is 5.88. The molecule has 1 atom stereocenters. The van der Waals surface area contributed by atoms with Crippen molar-refractivity contribution in [3.05, 3.63) is 69.4 Å². The largest absolute Gasteiger partial charge is 0.459 e. The molecule has 0 saturated heterocycles. The van der Waals surface area contributed by atoms with Crippen molar-refractivity contribution in [3.8, 4) is 0 Å².